The van der Waals surface area contributed by atoms with Gasteiger partial charge in [-0.15, -0.1) is 0 Å². The first kappa shape index (κ1) is 11.4. The first-order chi connectivity index (χ1) is 7.81. The highest BCUT2D eigenvalue weighted by Gasteiger charge is 2.10. The second-order valence-electron chi connectivity index (χ2n) is 3.55. The molecule has 2 rings (SSSR count). The molecule has 0 radical (unpaired) electrons. The molecule has 2 aromatic heterocycles. The number of furan rings is 1. The fourth-order valence-electron chi connectivity index (χ4n) is 1.51. The lowest BCUT2D eigenvalue weighted by Crippen LogP contribution is -2.13. The lowest BCUT2D eigenvalue weighted by Gasteiger charge is -2.02. The number of rotatable bonds is 5. The summed E-state index contributed by atoms with van der Waals surface area (Å²) in [5, 5.41) is 10.3. The monoisotopic (exact) mass is 283 g/mol. The Hall–Kier alpha value is -1.07. The summed E-state index contributed by atoms with van der Waals surface area (Å²) in [6.07, 6.45) is 2.95. The van der Waals surface area contributed by atoms with Crippen molar-refractivity contribution in [1.82, 2.24) is 15.5 Å². The van der Waals surface area contributed by atoms with E-state index in [4.69, 9.17) is 4.42 Å². The van der Waals surface area contributed by atoms with Crippen molar-refractivity contribution in [3.05, 3.63) is 28.6 Å². The number of hydrogen-bond acceptors (Lipinski definition) is 3. The van der Waals surface area contributed by atoms with Crippen LogP contribution in [0.5, 0.6) is 0 Å². The Kier molecular flexibility index (Phi) is 3.79. The molecule has 0 aromatic carbocycles. The standard InChI is InChI=1S/C11H14BrN3O/c1-2-5-13-6-8-7-14-15-11(8)9-3-4-10(12)16-9/h3-4,7,13H,2,5-6H2,1H3,(H,14,15). The van der Waals surface area contributed by atoms with Gasteiger partial charge in [-0.25, -0.2) is 0 Å². The van der Waals surface area contributed by atoms with Gasteiger partial charge in [-0.1, -0.05) is 6.92 Å². The van der Waals surface area contributed by atoms with Gasteiger partial charge >= 0.3 is 0 Å². The van der Waals surface area contributed by atoms with Crippen molar-refractivity contribution in [3.8, 4) is 11.5 Å². The molecule has 0 saturated carbocycles. The van der Waals surface area contributed by atoms with E-state index in [0.717, 1.165) is 41.2 Å². The number of H-pyrrole nitrogens is 1. The third-order valence-corrected chi connectivity index (χ3v) is 2.71. The van der Waals surface area contributed by atoms with Crippen LogP contribution in [0.3, 0.4) is 0 Å². The molecule has 0 saturated heterocycles. The van der Waals surface area contributed by atoms with Gasteiger partial charge in [-0.3, -0.25) is 5.10 Å². The number of hydrogen-bond donors (Lipinski definition) is 2. The fraction of sp³-hybridized carbons (Fsp3) is 0.364. The quantitative estimate of drug-likeness (QED) is 0.830. The first-order valence-electron chi connectivity index (χ1n) is 5.30. The molecule has 0 amide bonds. The van der Waals surface area contributed by atoms with Gasteiger partial charge in [0.1, 0.15) is 5.69 Å². The van der Waals surface area contributed by atoms with Gasteiger partial charge in [0.25, 0.3) is 0 Å². The summed E-state index contributed by atoms with van der Waals surface area (Å²) in [5.74, 6) is 0.803. The summed E-state index contributed by atoms with van der Waals surface area (Å²) in [6, 6.07) is 3.79. The minimum Gasteiger partial charge on any atom is -0.448 e. The molecule has 2 aromatic rings. The van der Waals surface area contributed by atoms with Gasteiger partial charge in [0.05, 0.1) is 6.20 Å². The van der Waals surface area contributed by atoms with Gasteiger partial charge in [0, 0.05) is 12.1 Å². The van der Waals surface area contributed by atoms with E-state index in [9.17, 15) is 0 Å². The molecule has 0 fully saturated rings. The molecular weight excluding hydrogens is 270 g/mol. The van der Waals surface area contributed by atoms with Crippen molar-refractivity contribution in [2.24, 2.45) is 0 Å². The molecule has 0 aliphatic heterocycles. The predicted octanol–water partition coefficient (Wildman–Crippen LogP) is 2.93. The van der Waals surface area contributed by atoms with Gasteiger partial charge in [-0.2, -0.15) is 5.10 Å². The predicted molar refractivity (Wildman–Crippen MR) is 66.0 cm³/mol. The molecular formula is C11H14BrN3O. The molecule has 2 heterocycles. The third kappa shape index (κ3) is 2.54. The van der Waals surface area contributed by atoms with Crippen molar-refractivity contribution in [2.75, 3.05) is 6.54 Å². The fourth-order valence-corrected chi connectivity index (χ4v) is 1.81. The van der Waals surface area contributed by atoms with Crippen LogP contribution in [0.1, 0.15) is 18.9 Å². The van der Waals surface area contributed by atoms with E-state index in [-0.39, 0.29) is 0 Å². The van der Waals surface area contributed by atoms with E-state index in [0.29, 0.717) is 0 Å². The third-order valence-electron chi connectivity index (χ3n) is 2.28. The van der Waals surface area contributed by atoms with E-state index in [1.807, 2.05) is 18.3 Å². The normalized spacial score (nSPS) is 10.9. The molecule has 0 spiro atoms. The summed E-state index contributed by atoms with van der Waals surface area (Å²) in [4.78, 5) is 0. The zero-order valence-corrected chi connectivity index (χ0v) is 10.7. The minimum absolute atomic E-state index is 0.726. The maximum Gasteiger partial charge on any atom is 0.169 e. The molecule has 0 aliphatic carbocycles. The van der Waals surface area contributed by atoms with Crippen LogP contribution in [-0.2, 0) is 6.54 Å². The van der Waals surface area contributed by atoms with E-state index in [2.05, 4.69) is 38.4 Å². The van der Waals surface area contributed by atoms with Crippen LogP contribution >= 0.6 is 15.9 Å². The maximum absolute atomic E-state index is 5.49. The van der Waals surface area contributed by atoms with Crippen molar-refractivity contribution in [2.45, 2.75) is 19.9 Å². The highest BCUT2D eigenvalue weighted by atomic mass is 79.9. The summed E-state index contributed by atoms with van der Waals surface area (Å²) < 4.78 is 6.22. The Bertz CT molecular complexity index is 450. The van der Waals surface area contributed by atoms with Crippen LogP contribution in [-0.4, -0.2) is 16.7 Å². The van der Waals surface area contributed by atoms with Crippen molar-refractivity contribution in [3.63, 3.8) is 0 Å². The van der Waals surface area contributed by atoms with Crippen molar-refractivity contribution < 1.29 is 4.42 Å². The zero-order chi connectivity index (χ0) is 11.4. The summed E-state index contributed by atoms with van der Waals surface area (Å²) >= 11 is 3.29. The second-order valence-corrected chi connectivity index (χ2v) is 4.33. The maximum atomic E-state index is 5.49. The summed E-state index contributed by atoms with van der Waals surface area (Å²) in [6.45, 7) is 3.96. The number of halogens is 1. The average molecular weight is 284 g/mol. The summed E-state index contributed by atoms with van der Waals surface area (Å²) in [7, 11) is 0. The first-order valence-corrected chi connectivity index (χ1v) is 6.09. The Morgan fingerprint density at radius 2 is 2.38 bits per heavy atom. The number of aromatic nitrogens is 2. The Labute approximate surface area is 103 Å². The van der Waals surface area contributed by atoms with Crippen molar-refractivity contribution >= 4 is 15.9 Å². The van der Waals surface area contributed by atoms with Crippen LogP contribution in [0.15, 0.2) is 27.4 Å². The molecule has 86 valence electrons. The van der Waals surface area contributed by atoms with E-state index >= 15 is 0 Å². The van der Waals surface area contributed by atoms with Crippen molar-refractivity contribution in [1.29, 1.82) is 0 Å². The van der Waals surface area contributed by atoms with Gasteiger partial charge in [0.2, 0.25) is 0 Å². The zero-order valence-electron chi connectivity index (χ0n) is 9.09. The number of aromatic amines is 1. The summed E-state index contributed by atoms with van der Waals surface area (Å²) in [5.41, 5.74) is 2.06. The van der Waals surface area contributed by atoms with Crippen LogP contribution < -0.4 is 5.32 Å². The molecule has 0 atom stereocenters. The SMILES string of the molecule is CCCNCc1cn[nH]c1-c1ccc(Br)o1. The Morgan fingerprint density at radius 3 is 3.06 bits per heavy atom. The van der Waals surface area contributed by atoms with Gasteiger partial charge < -0.3 is 9.73 Å². The van der Waals surface area contributed by atoms with Crippen LogP contribution in [0.25, 0.3) is 11.5 Å². The Balaban J connectivity index is 2.12. The molecule has 4 nitrogen and oxygen atoms in total. The van der Waals surface area contributed by atoms with E-state index in [1.54, 1.807) is 0 Å². The average Bonchev–Trinajstić information content (AvgIpc) is 2.87. The highest BCUT2D eigenvalue weighted by molar-refractivity contribution is 9.10. The molecule has 2 N–H and O–H groups in total. The molecule has 0 aliphatic rings. The lowest BCUT2D eigenvalue weighted by molar-refractivity contribution is 0.552. The highest BCUT2D eigenvalue weighted by Crippen LogP contribution is 2.25. The molecule has 0 unspecified atom stereocenters. The van der Waals surface area contributed by atoms with Crippen LogP contribution in [0.2, 0.25) is 0 Å². The topological polar surface area (TPSA) is 53.9 Å². The largest absolute Gasteiger partial charge is 0.448 e. The van der Waals surface area contributed by atoms with Gasteiger partial charge in [-0.05, 0) is 41.0 Å². The van der Waals surface area contributed by atoms with Crippen LogP contribution in [0, 0.1) is 0 Å². The lowest BCUT2D eigenvalue weighted by atomic mass is 10.2. The Morgan fingerprint density at radius 1 is 1.50 bits per heavy atom. The number of nitrogens with zero attached hydrogens (tertiary/aromatic N) is 1. The van der Waals surface area contributed by atoms with E-state index < -0.39 is 0 Å². The molecule has 0 bridgehead atoms. The minimum atomic E-state index is 0.726. The molecule has 5 heteroatoms. The second kappa shape index (κ2) is 5.32. The van der Waals surface area contributed by atoms with Gasteiger partial charge in [0.15, 0.2) is 10.4 Å². The van der Waals surface area contributed by atoms with Crippen LogP contribution in [0.4, 0.5) is 0 Å². The number of nitrogens with one attached hydrogen (secondary N) is 2. The smallest absolute Gasteiger partial charge is 0.169 e. The molecule has 16 heavy (non-hydrogen) atoms. The van der Waals surface area contributed by atoms with E-state index in [1.165, 1.54) is 0 Å².